The predicted molar refractivity (Wildman–Crippen MR) is 78.8 cm³/mol. The highest BCUT2D eigenvalue weighted by Crippen LogP contribution is 2.31. The van der Waals surface area contributed by atoms with Gasteiger partial charge in [-0.15, -0.1) is 0 Å². The van der Waals surface area contributed by atoms with E-state index in [0.717, 1.165) is 43.8 Å². The first-order chi connectivity index (χ1) is 9.75. The predicted octanol–water partition coefficient (Wildman–Crippen LogP) is 2.13. The van der Waals surface area contributed by atoms with Crippen molar-refractivity contribution in [2.75, 3.05) is 25.0 Å². The second-order valence-corrected chi connectivity index (χ2v) is 5.73. The lowest BCUT2D eigenvalue weighted by Crippen LogP contribution is -2.37. The standard InChI is InChI=1S/C16H22N2O2/c1-11-12(7-9-20-11)10-18-16(19)14-6-8-17-15-5-3-2-4-13(14)15/h2-5,11-12,14,17H,6-10H2,1H3,(H,18,19). The van der Waals surface area contributed by atoms with Crippen LogP contribution in [0.3, 0.4) is 0 Å². The molecule has 1 amide bonds. The highest BCUT2D eigenvalue weighted by molar-refractivity contribution is 5.86. The van der Waals surface area contributed by atoms with Gasteiger partial charge in [-0.05, 0) is 31.4 Å². The smallest absolute Gasteiger partial charge is 0.227 e. The molecule has 2 N–H and O–H groups in total. The van der Waals surface area contributed by atoms with E-state index in [1.54, 1.807) is 0 Å². The summed E-state index contributed by atoms with van der Waals surface area (Å²) in [7, 11) is 0. The third-order valence-corrected chi connectivity index (χ3v) is 4.47. The van der Waals surface area contributed by atoms with Gasteiger partial charge in [-0.2, -0.15) is 0 Å². The molecular weight excluding hydrogens is 252 g/mol. The Labute approximate surface area is 119 Å². The van der Waals surface area contributed by atoms with Crippen LogP contribution < -0.4 is 10.6 Å². The summed E-state index contributed by atoms with van der Waals surface area (Å²) in [5.74, 6) is 0.582. The highest BCUT2D eigenvalue weighted by atomic mass is 16.5. The zero-order valence-corrected chi connectivity index (χ0v) is 11.9. The topological polar surface area (TPSA) is 50.4 Å². The van der Waals surface area contributed by atoms with Gasteiger partial charge in [0.25, 0.3) is 0 Å². The summed E-state index contributed by atoms with van der Waals surface area (Å²) in [4.78, 5) is 12.4. The average molecular weight is 274 g/mol. The molecule has 2 aliphatic rings. The van der Waals surface area contributed by atoms with Crippen LogP contribution in [0.2, 0.25) is 0 Å². The van der Waals surface area contributed by atoms with Crippen molar-refractivity contribution in [1.29, 1.82) is 0 Å². The number of anilines is 1. The van der Waals surface area contributed by atoms with E-state index in [0.29, 0.717) is 5.92 Å². The van der Waals surface area contributed by atoms with Crippen molar-refractivity contribution >= 4 is 11.6 Å². The number of nitrogens with one attached hydrogen (secondary N) is 2. The summed E-state index contributed by atoms with van der Waals surface area (Å²) in [5.41, 5.74) is 2.21. The van der Waals surface area contributed by atoms with E-state index in [2.05, 4.69) is 17.6 Å². The number of carbonyl (C=O) groups is 1. The van der Waals surface area contributed by atoms with E-state index < -0.39 is 0 Å². The van der Waals surface area contributed by atoms with E-state index in [1.807, 2.05) is 24.3 Å². The second-order valence-electron chi connectivity index (χ2n) is 5.73. The molecule has 0 bridgehead atoms. The summed E-state index contributed by atoms with van der Waals surface area (Å²) >= 11 is 0. The number of amides is 1. The summed E-state index contributed by atoms with van der Waals surface area (Å²) < 4.78 is 5.54. The molecule has 2 heterocycles. The van der Waals surface area contributed by atoms with Gasteiger partial charge in [-0.3, -0.25) is 4.79 Å². The zero-order chi connectivity index (χ0) is 13.9. The fraction of sp³-hybridized carbons (Fsp3) is 0.562. The Balaban J connectivity index is 1.63. The van der Waals surface area contributed by atoms with E-state index in [1.165, 1.54) is 0 Å². The Morgan fingerprint density at radius 2 is 2.25 bits per heavy atom. The number of ether oxygens (including phenoxy) is 1. The van der Waals surface area contributed by atoms with E-state index in [9.17, 15) is 4.79 Å². The minimum atomic E-state index is -0.0231. The van der Waals surface area contributed by atoms with Gasteiger partial charge in [-0.1, -0.05) is 18.2 Å². The molecule has 0 saturated carbocycles. The summed E-state index contributed by atoms with van der Waals surface area (Å²) in [6, 6.07) is 8.09. The number of hydrogen-bond acceptors (Lipinski definition) is 3. The molecular formula is C16H22N2O2. The number of hydrogen-bond donors (Lipinski definition) is 2. The van der Waals surface area contributed by atoms with Gasteiger partial charge in [0, 0.05) is 31.3 Å². The van der Waals surface area contributed by atoms with E-state index in [4.69, 9.17) is 4.74 Å². The first-order valence-electron chi connectivity index (χ1n) is 7.48. The van der Waals surface area contributed by atoms with Crippen LogP contribution in [0, 0.1) is 5.92 Å². The lowest BCUT2D eigenvalue weighted by molar-refractivity contribution is -0.123. The molecule has 1 aromatic rings. The summed E-state index contributed by atoms with van der Waals surface area (Å²) in [6.07, 6.45) is 2.17. The summed E-state index contributed by atoms with van der Waals surface area (Å²) in [6.45, 7) is 4.49. The Morgan fingerprint density at radius 3 is 3.05 bits per heavy atom. The molecule has 4 nitrogen and oxygen atoms in total. The third kappa shape index (κ3) is 2.66. The molecule has 4 heteroatoms. The van der Waals surface area contributed by atoms with Crippen molar-refractivity contribution < 1.29 is 9.53 Å². The number of benzene rings is 1. The molecule has 0 spiro atoms. The van der Waals surface area contributed by atoms with Crippen LogP contribution in [0.15, 0.2) is 24.3 Å². The largest absolute Gasteiger partial charge is 0.385 e. The second kappa shape index (κ2) is 5.83. The molecule has 1 saturated heterocycles. The Hall–Kier alpha value is -1.55. The van der Waals surface area contributed by atoms with Gasteiger partial charge < -0.3 is 15.4 Å². The number of carbonyl (C=O) groups excluding carboxylic acids is 1. The SMILES string of the molecule is CC1OCCC1CNC(=O)C1CCNc2ccccc21. The summed E-state index contributed by atoms with van der Waals surface area (Å²) in [5, 5.41) is 6.47. The molecule has 3 rings (SSSR count). The van der Waals surface area contributed by atoms with Crippen molar-refractivity contribution in [1.82, 2.24) is 5.32 Å². The fourth-order valence-corrected chi connectivity index (χ4v) is 3.14. The number of fused-ring (bicyclic) bond motifs is 1. The van der Waals surface area contributed by atoms with Gasteiger partial charge in [0.1, 0.15) is 0 Å². The van der Waals surface area contributed by atoms with Gasteiger partial charge in [0.05, 0.1) is 12.0 Å². The highest BCUT2D eigenvalue weighted by Gasteiger charge is 2.28. The maximum atomic E-state index is 12.4. The Morgan fingerprint density at radius 1 is 1.40 bits per heavy atom. The van der Waals surface area contributed by atoms with E-state index in [-0.39, 0.29) is 17.9 Å². The Kier molecular flexibility index (Phi) is 3.92. The van der Waals surface area contributed by atoms with Gasteiger partial charge in [0.15, 0.2) is 0 Å². The van der Waals surface area contributed by atoms with Crippen molar-refractivity contribution in [2.24, 2.45) is 5.92 Å². The van der Waals surface area contributed by atoms with Crippen molar-refractivity contribution in [3.05, 3.63) is 29.8 Å². The van der Waals surface area contributed by atoms with Gasteiger partial charge >= 0.3 is 0 Å². The first kappa shape index (κ1) is 13.4. The lowest BCUT2D eigenvalue weighted by Gasteiger charge is -2.26. The van der Waals surface area contributed by atoms with Crippen LogP contribution in [0.25, 0.3) is 0 Å². The molecule has 20 heavy (non-hydrogen) atoms. The molecule has 0 aliphatic carbocycles. The molecule has 0 radical (unpaired) electrons. The van der Waals surface area contributed by atoms with Crippen molar-refractivity contribution in [3.63, 3.8) is 0 Å². The monoisotopic (exact) mass is 274 g/mol. The maximum absolute atomic E-state index is 12.4. The van der Waals surface area contributed by atoms with Crippen LogP contribution in [0.5, 0.6) is 0 Å². The van der Waals surface area contributed by atoms with Crippen LogP contribution in [-0.2, 0) is 9.53 Å². The molecule has 108 valence electrons. The molecule has 3 atom stereocenters. The van der Waals surface area contributed by atoms with E-state index >= 15 is 0 Å². The first-order valence-corrected chi connectivity index (χ1v) is 7.48. The minimum absolute atomic E-state index is 0.0231. The maximum Gasteiger partial charge on any atom is 0.227 e. The Bertz CT molecular complexity index is 489. The zero-order valence-electron chi connectivity index (χ0n) is 11.9. The van der Waals surface area contributed by atoms with Gasteiger partial charge in [0.2, 0.25) is 5.91 Å². The van der Waals surface area contributed by atoms with Crippen LogP contribution in [0.4, 0.5) is 5.69 Å². The van der Waals surface area contributed by atoms with Crippen LogP contribution in [-0.4, -0.2) is 31.7 Å². The van der Waals surface area contributed by atoms with Crippen LogP contribution in [0.1, 0.15) is 31.2 Å². The lowest BCUT2D eigenvalue weighted by atomic mass is 9.90. The van der Waals surface area contributed by atoms with Gasteiger partial charge in [-0.25, -0.2) is 0 Å². The molecule has 3 unspecified atom stereocenters. The average Bonchev–Trinajstić information content (AvgIpc) is 2.89. The molecule has 2 aliphatic heterocycles. The number of para-hydroxylation sites is 1. The molecule has 1 aromatic carbocycles. The minimum Gasteiger partial charge on any atom is -0.385 e. The number of rotatable bonds is 3. The molecule has 0 aromatic heterocycles. The van der Waals surface area contributed by atoms with Crippen LogP contribution >= 0.6 is 0 Å². The molecule has 1 fully saturated rings. The fourth-order valence-electron chi connectivity index (χ4n) is 3.14. The quantitative estimate of drug-likeness (QED) is 0.887. The van der Waals surface area contributed by atoms with Crippen molar-refractivity contribution in [3.8, 4) is 0 Å². The normalized spacial score (nSPS) is 28.6. The van der Waals surface area contributed by atoms with Crippen molar-refractivity contribution in [2.45, 2.75) is 31.8 Å². The third-order valence-electron chi connectivity index (χ3n) is 4.47.